The number of rotatable bonds is 5. The molecule has 0 fully saturated rings. The van der Waals surface area contributed by atoms with E-state index in [1.807, 2.05) is 0 Å². The SMILES string of the molecule is Cc1nc(-c2cccc(NC(=O)c3ccc(OCC(F)(F)F)nc3)c2)n[nH]1. The van der Waals surface area contributed by atoms with Crippen molar-refractivity contribution < 1.29 is 22.7 Å². The van der Waals surface area contributed by atoms with Crippen LogP contribution in [0, 0.1) is 6.92 Å². The summed E-state index contributed by atoms with van der Waals surface area (Å²) < 4.78 is 40.9. The van der Waals surface area contributed by atoms with Gasteiger partial charge in [0, 0.05) is 23.5 Å². The lowest BCUT2D eigenvalue weighted by molar-refractivity contribution is -0.154. The van der Waals surface area contributed by atoms with Crippen LogP contribution in [-0.4, -0.2) is 38.9 Å². The lowest BCUT2D eigenvalue weighted by Crippen LogP contribution is -2.19. The van der Waals surface area contributed by atoms with Gasteiger partial charge in [0.25, 0.3) is 5.91 Å². The summed E-state index contributed by atoms with van der Waals surface area (Å²) in [6.45, 7) is 0.330. The van der Waals surface area contributed by atoms with E-state index < -0.39 is 18.7 Å². The van der Waals surface area contributed by atoms with Crippen LogP contribution in [0.15, 0.2) is 42.6 Å². The Balaban J connectivity index is 1.67. The van der Waals surface area contributed by atoms with E-state index in [9.17, 15) is 18.0 Å². The monoisotopic (exact) mass is 377 g/mol. The van der Waals surface area contributed by atoms with Gasteiger partial charge in [-0.1, -0.05) is 12.1 Å². The van der Waals surface area contributed by atoms with E-state index in [4.69, 9.17) is 0 Å². The fourth-order valence-corrected chi connectivity index (χ4v) is 2.17. The fraction of sp³-hybridized carbons (Fsp3) is 0.176. The van der Waals surface area contributed by atoms with E-state index in [1.54, 1.807) is 31.2 Å². The summed E-state index contributed by atoms with van der Waals surface area (Å²) in [7, 11) is 0. The van der Waals surface area contributed by atoms with E-state index in [1.165, 1.54) is 12.1 Å². The summed E-state index contributed by atoms with van der Waals surface area (Å²) in [6, 6.07) is 9.46. The molecule has 2 aromatic heterocycles. The number of hydrogen-bond donors (Lipinski definition) is 2. The largest absolute Gasteiger partial charge is 0.468 e. The van der Waals surface area contributed by atoms with Gasteiger partial charge in [-0.2, -0.15) is 18.3 Å². The highest BCUT2D eigenvalue weighted by atomic mass is 19.4. The molecular weight excluding hydrogens is 363 g/mol. The zero-order valence-electron chi connectivity index (χ0n) is 14.0. The number of aromatic nitrogens is 4. The minimum absolute atomic E-state index is 0.175. The highest BCUT2D eigenvalue weighted by Gasteiger charge is 2.28. The van der Waals surface area contributed by atoms with Gasteiger partial charge in [-0.3, -0.25) is 9.89 Å². The molecule has 0 saturated carbocycles. The second kappa shape index (κ2) is 7.44. The number of halogens is 3. The molecule has 0 aliphatic rings. The molecule has 140 valence electrons. The molecule has 0 unspecified atom stereocenters. The van der Waals surface area contributed by atoms with Crippen LogP contribution < -0.4 is 10.1 Å². The highest BCUT2D eigenvalue weighted by Crippen LogP contribution is 2.20. The average Bonchev–Trinajstić information content (AvgIpc) is 3.06. The number of carbonyl (C=O) groups is 1. The summed E-state index contributed by atoms with van der Waals surface area (Å²) >= 11 is 0. The normalized spacial score (nSPS) is 11.3. The molecule has 3 aromatic rings. The number of carbonyl (C=O) groups excluding carboxylic acids is 1. The van der Waals surface area contributed by atoms with Gasteiger partial charge in [-0.15, -0.1) is 0 Å². The molecule has 0 spiro atoms. The number of aryl methyl sites for hydroxylation is 1. The number of hydrogen-bond acceptors (Lipinski definition) is 5. The molecule has 0 bridgehead atoms. The van der Waals surface area contributed by atoms with Gasteiger partial charge in [0.1, 0.15) is 5.82 Å². The molecular formula is C17H14F3N5O2. The molecule has 27 heavy (non-hydrogen) atoms. The third kappa shape index (κ3) is 5.03. The van der Waals surface area contributed by atoms with E-state index in [0.29, 0.717) is 22.9 Å². The first-order chi connectivity index (χ1) is 12.8. The molecule has 3 rings (SSSR count). The third-order valence-corrected chi connectivity index (χ3v) is 3.36. The predicted octanol–water partition coefficient (Wildman–Crippen LogP) is 3.37. The standard InChI is InChI=1S/C17H14F3N5O2/c1-10-22-15(25-24-10)11-3-2-4-13(7-11)23-16(26)12-5-6-14(21-8-12)27-9-17(18,19)20/h2-8H,9H2,1H3,(H,23,26)(H,22,24,25). The number of nitrogens with one attached hydrogen (secondary N) is 2. The fourth-order valence-electron chi connectivity index (χ4n) is 2.17. The first kappa shape index (κ1) is 18.4. The number of pyridine rings is 1. The van der Waals surface area contributed by atoms with Gasteiger partial charge in [-0.25, -0.2) is 9.97 Å². The van der Waals surface area contributed by atoms with Crippen LogP contribution in [0.3, 0.4) is 0 Å². The number of aromatic amines is 1. The maximum absolute atomic E-state index is 12.3. The topological polar surface area (TPSA) is 92.8 Å². The Morgan fingerprint density at radius 1 is 1.26 bits per heavy atom. The number of ether oxygens (including phenoxy) is 1. The van der Waals surface area contributed by atoms with Crippen LogP contribution in [0.1, 0.15) is 16.2 Å². The molecule has 0 atom stereocenters. The molecule has 0 aliphatic carbocycles. The Morgan fingerprint density at radius 2 is 2.07 bits per heavy atom. The van der Waals surface area contributed by atoms with Crippen molar-refractivity contribution in [2.24, 2.45) is 0 Å². The second-order valence-corrected chi connectivity index (χ2v) is 5.57. The Bertz CT molecular complexity index is 938. The lowest BCUT2D eigenvalue weighted by atomic mass is 10.2. The van der Waals surface area contributed by atoms with Crippen molar-refractivity contribution in [2.75, 3.05) is 11.9 Å². The van der Waals surface area contributed by atoms with E-state index in [-0.39, 0.29) is 11.4 Å². The van der Waals surface area contributed by atoms with Gasteiger partial charge >= 0.3 is 6.18 Å². The van der Waals surface area contributed by atoms with Gasteiger partial charge in [0.2, 0.25) is 5.88 Å². The van der Waals surface area contributed by atoms with Crippen LogP contribution in [-0.2, 0) is 0 Å². The number of H-pyrrole nitrogens is 1. The van der Waals surface area contributed by atoms with E-state index in [2.05, 4.69) is 30.2 Å². The van der Waals surface area contributed by atoms with Crippen LogP contribution in [0.5, 0.6) is 5.88 Å². The first-order valence-corrected chi connectivity index (χ1v) is 7.76. The predicted molar refractivity (Wildman–Crippen MR) is 90.3 cm³/mol. The van der Waals surface area contributed by atoms with Gasteiger partial charge < -0.3 is 10.1 Å². The summed E-state index contributed by atoms with van der Waals surface area (Å²) in [5.41, 5.74) is 1.40. The maximum Gasteiger partial charge on any atom is 0.422 e. The minimum Gasteiger partial charge on any atom is -0.468 e. The molecule has 0 saturated heterocycles. The zero-order valence-corrected chi connectivity index (χ0v) is 14.0. The quantitative estimate of drug-likeness (QED) is 0.711. The number of benzene rings is 1. The van der Waals surface area contributed by atoms with E-state index >= 15 is 0 Å². The van der Waals surface area contributed by atoms with Crippen LogP contribution in [0.4, 0.5) is 18.9 Å². The second-order valence-electron chi connectivity index (χ2n) is 5.57. The Kier molecular flexibility index (Phi) is 5.06. The number of alkyl halides is 3. The maximum atomic E-state index is 12.3. The number of nitrogens with zero attached hydrogens (tertiary/aromatic N) is 3. The van der Waals surface area contributed by atoms with Gasteiger partial charge in [0.15, 0.2) is 12.4 Å². The molecule has 0 radical (unpaired) electrons. The van der Waals surface area contributed by atoms with Crippen molar-refractivity contribution in [3.63, 3.8) is 0 Å². The van der Waals surface area contributed by atoms with Crippen molar-refractivity contribution in [1.82, 2.24) is 20.2 Å². The van der Waals surface area contributed by atoms with Gasteiger partial charge in [-0.05, 0) is 25.1 Å². The molecule has 10 heteroatoms. The molecule has 0 aliphatic heterocycles. The Morgan fingerprint density at radius 3 is 2.70 bits per heavy atom. The first-order valence-electron chi connectivity index (χ1n) is 7.76. The van der Waals surface area contributed by atoms with Crippen LogP contribution >= 0.6 is 0 Å². The van der Waals surface area contributed by atoms with Crippen molar-refractivity contribution in [3.05, 3.63) is 54.0 Å². The zero-order chi connectivity index (χ0) is 19.4. The summed E-state index contributed by atoms with van der Waals surface area (Å²) in [4.78, 5) is 20.2. The molecule has 7 nitrogen and oxygen atoms in total. The number of amides is 1. The molecule has 1 aromatic carbocycles. The number of anilines is 1. The van der Waals surface area contributed by atoms with Crippen molar-refractivity contribution in [1.29, 1.82) is 0 Å². The smallest absolute Gasteiger partial charge is 0.422 e. The molecule has 2 N–H and O–H groups in total. The van der Waals surface area contributed by atoms with Crippen LogP contribution in [0.25, 0.3) is 11.4 Å². The highest BCUT2D eigenvalue weighted by molar-refractivity contribution is 6.04. The third-order valence-electron chi connectivity index (χ3n) is 3.36. The lowest BCUT2D eigenvalue weighted by Gasteiger charge is -2.09. The molecule has 1 amide bonds. The summed E-state index contributed by atoms with van der Waals surface area (Å²) in [5.74, 6) is 0.480. The summed E-state index contributed by atoms with van der Waals surface area (Å²) in [6.07, 6.45) is -3.31. The van der Waals surface area contributed by atoms with Crippen molar-refractivity contribution >= 4 is 11.6 Å². The molecule has 2 heterocycles. The Hall–Kier alpha value is -3.43. The van der Waals surface area contributed by atoms with Gasteiger partial charge in [0.05, 0.1) is 5.56 Å². The average molecular weight is 377 g/mol. The minimum atomic E-state index is -4.45. The van der Waals surface area contributed by atoms with Crippen molar-refractivity contribution in [2.45, 2.75) is 13.1 Å². The Labute approximate surface area is 151 Å². The summed E-state index contributed by atoms with van der Waals surface area (Å²) in [5, 5.41) is 9.48. The van der Waals surface area contributed by atoms with E-state index in [0.717, 1.165) is 6.20 Å². The van der Waals surface area contributed by atoms with Crippen LogP contribution in [0.2, 0.25) is 0 Å². The van der Waals surface area contributed by atoms with Crippen molar-refractivity contribution in [3.8, 4) is 17.3 Å².